The van der Waals surface area contributed by atoms with Crippen LogP contribution in [-0.2, 0) is 34.6 Å². The van der Waals surface area contributed by atoms with Crippen LogP contribution in [0, 0.1) is 0 Å². The summed E-state index contributed by atoms with van der Waals surface area (Å²) in [6.45, 7) is 6.60. The van der Waals surface area contributed by atoms with Crippen LogP contribution in [0.2, 0.25) is 0 Å². The monoisotopic (exact) mass is 415 g/mol. The fraction of sp³-hybridized carbons (Fsp3) is 0.636. The van der Waals surface area contributed by atoms with Crippen molar-refractivity contribution in [1.82, 2.24) is 24.7 Å². The van der Waals surface area contributed by atoms with Gasteiger partial charge in [-0.3, -0.25) is 9.69 Å². The van der Waals surface area contributed by atoms with E-state index in [-0.39, 0.29) is 5.91 Å². The minimum absolute atomic E-state index is 0.0410. The van der Waals surface area contributed by atoms with Crippen LogP contribution in [0.4, 0.5) is 0 Å². The molecular weight excluding hydrogens is 382 g/mol. The van der Waals surface area contributed by atoms with E-state index >= 15 is 0 Å². The number of likely N-dealkylation sites (N-methyl/N-ethyl adjacent to an activating group) is 1. The summed E-state index contributed by atoms with van der Waals surface area (Å²) in [7, 11) is 3.99. The molecular formula is C22H33N5O3. The van der Waals surface area contributed by atoms with Crippen LogP contribution in [0.5, 0.6) is 0 Å². The Morgan fingerprint density at radius 1 is 1.30 bits per heavy atom. The van der Waals surface area contributed by atoms with Crippen molar-refractivity contribution in [1.29, 1.82) is 0 Å². The predicted molar refractivity (Wildman–Crippen MR) is 113 cm³/mol. The molecule has 1 fully saturated rings. The third kappa shape index (κ3) is 4.45. The lowest BCUT2D eigenvalue weighted by Crippen LogP contribution is -2.54. The van der Waals surface area contributed by atoms with E-state index in [1.54, 1.807) is 0 Å². The number of nitrogens with one attached hydrogen (secondary N) is 1. The Kier molecular flexibility index (Phi) is 6.26. The van der Waals surface area contributed by atoms with Gasteiger partial charge in [-0.25, -0.2) is 4.98 Å². The molecule has 4 rings (SSSR count). The van der Waals surface area contributed by atoms with Gasteiger partial charge in [0.05, 0.1) is 13.1 Å². The Bertz CT molecular complexity index is 851. The smallest absolute Gasteiger partial charge is 0.251 e. The quantitative estimate of drug-likeness (QED) is 0.741. The van der Waals surface area contributed by atoms with E-state index in [2.05, 4.69) is 43.7 Å². The summed E-state index contributed by atoms with van der Waals surface area (Å²) in [6, 6.07) is 4.13. The molecule has 4 heterocycles. The number of aromatic nitrogens is 2. The van der Waals surface area contributed by atoms with E-state index in [0.717, 1.165) is 62.8 Å². The Labute approximate surface area is 178 Å². The number of likely N-dealkylation sites (tertiary alicyclic amines) is 1. The average Bonchev–Trinajstić information content (AvgIpc) is 3.39. The number of fused-ring (bicyclic) bond motifs is 2. The molecule has 1 N–H and O–H groups in total. The molecule has 2 aliphatic heterocycles. The number of hydrogen-bond acceptors (Lipinski definition) is 6. The first-order valence-corrected chi connectivity index (χ1v) is 10.9. The maximum Gasteiger partial charge on any atom is 0.251 e. The highest BCUT2D eigenvalue weighted by Gasteiger charge is 2.47. The van der Waals surface area contributed by atoms with Gasteiger partial charge in [0.15, 0.2) is 6.10 Å². The lowest BCUT2D eigenvalue weighted by Gasteiger charge is -2.45. The van der Waals surface area contributed by atoms with Crippen LogP contribution in [0.15, 0.2) is 28.9 Å². The molecule has 2 aliphatic rings. The molecule has 30 heavy (non-hydrogen) atoms. The summed E-state index contributed by atoms with van der Waals surface area (Å²) in [5.41, 5.74) is -0.500. The van der Waals surface area contributed by atoms with Gasteiger partial charge in [-0.1, -0.05) is 6.92 Å². The van der Waals surface area contributed by atoms with Crippen molar-refractivity contribution in [2.75, 3.05) is 40.3 Å². The zero-order valence-corrected chi connectivity index (χ0v) is 18.3. The average molecular weight is 416 g/mol. The van der Waals surface area contributed by atoms with Gasteiger partial charge in [0.1, 0.15) is 22.9 Å². The second-order valence-corrected chi connectivity index (χ2v) is 8.60. The normalized spacial score (nSPS) is 21.1. The maximum absolute atomic E-state index is 12.8. The summed E-state index contributed by atoms with van der Waals surface area (Å²) in [6.07, 6.45) is 5.82. The largest absolute Gasteiger partial charge is 0.465 e. The molecule has 1 unspecified atom stereocenters. The molecule has 0 aromatic carbocycles. The molecule has 0 aliphatic carbocycles. The van der Waals surface area contributed by atoms with Crippen LogP contribution in [-0.4, -0.2) is 71.6 Å². The first-order valence-electron chi connectivity index (χ1n) is 10.9. The summed E-state index contributed by atoms with van der Waals surface area (Å²) < 4.78 is 14.4. The minimum atomic E-state index is -0.500. The highest BCUT2D eigenvalue weighted by molar-refractivity contribution is 5.80. The van der Waals surface area contributed by atoms with Crippen LogP contribution in [0.1, 0.15) is 37.1 Å². The topological polar surface area (TPSA) is 75.8 Å². The minimum Gasteiger partial charge on any atom is -0.465 e. The SMILES string of the molecule is CCc1ccc(CN2CCC3(CC2)OC(C(=O)NCCN(C)C)Cn2ccnc23)o1. The van der Waals surface area contributed by atoms with Gasteiger partial charge in [-0.05, 0) is 39.1 Å². The molecule has 1 atom stereocenters. The zero-order valence-electron chi connectivity index (χ0n) is 18.3. The first kappa shape index (κ1) is 21.1. The van der Waals surface area contributed by atoms with Crippen molar-refractivity contribution in [3.8, 4) is 0 Å². The zero-order chi connectivity index (χ0) is 21.1. The number of nitrogens with zero attached hydrogens (tertiary/aromatic N) is 4. The highest BCUT2D eigenvalue weighted by Crippen LogP contribution is 2.40. The summed E-state index contributed by atoms with van der Waals surface area (Å²) in [4.78, 5) is 21.8. The molecule has 0 saturated carbocycles. The number of aryl methyl sites for hydroxylation is 1. The van der Waals surface area contributed by atoms with Gasteiger partial charge < -0.3 is 23.9 Å². The van der Waals surface area contributed by atoms with Crippen molar-refractivity contribution >= 4 is 5.91 Å². The number of rotatable bonds is 7. The van der Waals surface area contributed by atoms with E-state index in [4.69, 9.17) is 9.15 Å². The molecule has 1 spiro atoms. The first-order chi connectivity index (χ1) is 14.5. The van der Waals surface area contributed by atoms with E-state index in [1.165, 1.54) is 0 Å². The van der Waals surface area contributed by atoms with Crippen LogP contribution in [0.25, 0.3) is 0 Å². The predicted octanol–water partition coefficient (Wildman–Crippen LogP) is 1.61. The van der Waals surface area contributed by atoms with Crippen LogP contribution >= 0.6 is 0 Å². The lowest BCUT2D eigenvalue weighted by molar-refractivity contribution is -0.174. The molecule has 8 nitrogen and oxygen atoms in total. The number of furan rings is 1. The fourth-order valence-electron chi connectivity index (χ4n) is 4.38. The van der Waals surface area contributed by atoms with Gasteiger partial charge in [0.25, 0.3) is 5.91 Å². The third-order valence-corrected chi connectivity index (χ3v) is 6.11. The molecule has 1 saturated heterocycles. The second kappa shape index (κ2) is 8.91. The van der Waals surface area contributed by atoms with Gasteiger partial charge in [0, 0.05) is 45.0 Å². The molecule has 2 aromatic rings. The Hall–Kier alpha value is -2.16. The Morgan fingerprint density at radius 3 is 2.77 bits per heavy atom. The van der Waals surface area contributed by atoms with Crippen LogP contribution in [0.3, 0.4) is 0 Å². The molecule has 0 radical (unpaired) electrons. The van der Waals surface area contributed by atoms with E-state index in [0.29, 0.717) is 13.1 Å². The molecule has 164 valence electrons. The van der Waals surface area contributed by atoms with Gasteiger partial charge in [-0.2, -0.15) is 0 Å². The van der Waals surface area contributed by atoms with Gasteiger partial charge in [-0.15, -0.1) is 0 Å². The van der Waals surface area contributed by atoms with Crippen molar-refractivity contribution in [2.45, 2.75) is 51.0 Å². The Balaban J connectivity index is 1.40. The summed E-state index contributed by atoms with van der Waals surface area (Å²) in [5.74, 6) is 2.94. The van der Waals surface area contributed by atoms with E-state index in [9.17, 15) is 4.79 Å². The second-order valence-electron chi connectivity index (χ2n) is 8.60. The van der Waals surface area contributed by atoms with Crippen molar-refractivity contribution in [3.05, 3.63) is 41.9 Å². The molecule has 0 bridgehead atoms. The van der Waals surface area contributed by atoms with Crippen molar-refractivity contribution in [2.24, 2.45) is 0 Å². The number of piperidine rings is 1. The van der Waals surface area contributed by atoms with E-state index < -0.39 is 11.7 Å². The molecule has 1 amide bonds. The van der Waals surface area contributed by atoms with Crippen molar-refractivity contribution < 1.29 is 13.9 Å². The fourth-order valence-corrected chi connectivity index (χ4v) is 4.38. The lowest BCUT2D eigenvalue weighted by atomic mass is 9.88. The highest BCUT2D eigenvalue weighted by atomic mass is 16.5. The standard InChI is InChI=1S/C22H33N5O3/c1-4-17-5-6-18(29-17)15-26-11-7-22(8-12-26)21-24-10-14-27(21)16-19(30-22)20(28)23-9-13-25(2)3/h5-6,10,14,19H,4,7-9,11-13,15-16H2,1-3H3,(H,23,28). The Morgan fingerprint density at radius 2 is 2.07 bits per heavy atom. The summed E-state index contributed by atoms with van der Waals surface area (Å²) in [5, 5.41) is 3.02. The number of carbonyl (C=O) groups is 1. The van der Waals surface area contributed by atoms with Gasteiger partial charge in [0.2, 0.25) is 0 Å². The number of carbonyl (C=O) groups excluding carboxylic acids is 1. The third-order valence-electron chi connectivity index (χ3n) is 6.11. The number of ether oxygens (including phenoxy) is 1. The van der Waals surface area contributed by atoms with Crippen molar-refractivity contribution in [3.63, 3.8) is 0 Å². The number of hydrogen-bond donors (Lipinski definition) is 1. The molecule has 8 heteroatoms. The number of amides is 1. The van der Waals surface area contributed by atoms with E-state index in [1.807, 2.05) is 26.5 Å². The maximum atomic E-state index is 12.8. The summed E-state index contributed by atoms with van der Waals surface area (Å²) >= 11 is 0. The van der Waals surface area contributed by atoms with Crippen LogP contribution < -0.4 is 5.32 Å². The number of imidazole rings is 1. The molecule has 2 aromatic heterocycles. The van der Waals surface area contributed by atoms with Gasteiger partial charge >= 0.3 is 0 Å².